The molecule has 3 nitrogen and oxygen atoms in total. The van der Waals surface area contributed by atoms with Gasteiger partial charge >= 0.3 is 7.32 Å². The monoisotopic (exact) mass is 144 g/mol. The van der Waals surface area contributed by atoms with Gasteiger partial charge in [0.2, 0.25) is 0 Å². The van der Waals surface area contributed by atoms with Crippen LogP contribution < -0.4 is 0 Å². The van der Waals surface area contributed by atoms with Crippen LogP contribution in [0.4, 0.5) is 4.53 Å². The van der Waals surface area contributed by atoms with Crippen molar-refractivity contribution in [2.45, 2.75) is 0 Å². The Balaban J connectivity index is 0. The van der Waals surface area contributed by atoms with Crippen LogP contribution in [0.5, 0.6) is 0 Å². The van der Waals surface area contributed by atoms with E-state index >= 15 is 0 Å². The van der Waals surface area contributed by atoms with Crippen molar-refractivity contribution in [3.05, 3.63) is 0 Å². The third-order valence-electron chi connectivity index (χ3n) is 0.0797. The van der Waals surface area contributed by atoms with E-state index in [0.29, 0.717) is 0 Å². The van der Waals surface area contributed by atoms with Gasteiger partial charge in [-0.15, -0.1) is 0 Å². The predicted octanol–water partition coefficient (Wildman–Crippen LogP) is -1.15. The fraction of sp³-hybridized carbons (Fsp3) is 0. The van der Waals surface area contributed by atoms with E-state index in [-0.39, 0.29) is 19.5 Å². The van der Waals surface area contributed by atoms with E-state index in [9.17, 15) is 4.53 Å². The summed E-state index contributed by atoms with van der Waals surface area (Å²) in [6, 6.07) is 0. The SMILES string of the molecule is OB(O)OF.[Zn]. The molecule has 0 saturated carbocycles. The van der Waals surface area contributed by atoms with Crippen LogP contribution in [0.3, 0.4) is 0 Å². The minimum absolute atomic E-state index is 0. The second kappa shape index (κ2) is 5.50. The van der Waals surface area contributed by atoms with E-state index in [2.05, 4.69) is 4.86 Å². The van der Waals surface area contributed by atoms with Crippen LogP contribution in [0.15, 0.2) is 0 Å². The maximum Gasteiger partial charge on any atom is 0.667 e. The zero-order chi connectivity index (χ0) is 4.28. The van der Waals surface area contributed by atoms with Gasteiger partial charge in [0.15, 0.2) is 0 Å². The van der Waals surface area contributed by atoms with Crippen LogP contribution in [-0.4, -0.2) is 17.4 Å². The van der Waals surface area contributed by atoms with Gasteiger partial charge in [-0.25, -0.2) is 0 Å². The molecule has 0 aliphatic rings. The van der Waals surface area contributed by atoms with E-state index in [0.717, 1.165) is 0 Å². The Morgan fingerprint density at radius 3 is 1.67 bits per heavy atom. The summed E-state index contributed by atoms with van der Waals surface area (Å²) in [5.41, 5.74) is 0. The van der Waals surface area contributed by atoms with Gasteiger partial charge in [0.25, 0.3) is 0 Å². The first-order valence-electron chi connectivity index (χ1n) is 0.906. The normalized spacial score (nSPS) is 6.50. The standard InChI is InChI=1S/BFH2O3.Zn/c2-5-1(3)4;/h3-4H;. The molecule has 0 saturated heterocycles. The zero-order valence-corrected chi connectivity index (χ0v) is 5.93. The molecule has 0 rings (SSSR count). The number of hydrogen-bond acceptors (Lipinski definition) is 3. The Kier molecular flexibility index (Phi) is 8.90. The van der Waals surface area contributed by atoms with Gasteiger partial charge in [-0.05, 0) is 0 Å². The molecule has 2 N–H and O–H groups in total. The molecule has 0 aromatic heterocycles. The van der Waals surface area contributed by atoms with Crippen molar-refractivity contribution in [2.24, 2.45) is 0 Å². The van der Waals surface area contributed by atoms with E-state index < -0.39 is 7.32 Å². The topological polar surface area (TPSA) is 49.7 Å². The predicted molar refractivity (Wildman–Crippen MR) is 12.4 cm³/mol. The maximum atomic E-state index is 10.1. The Hall–Kier alpha value is 0.498. The average Bonchev–Trinajstić information content (AvgIpc) is 1.38. The molecule has 0 heterocycles. The molecule has 0 fully saturated rings. The molecule has 0 radical (unpaired) electrons. The molecule has 6 heavy (non-hydrogen) atoms. The van der Waals surface area contributed by atoms with Crippen molar-refractivity contribution in [3.63, 3.8) is 0 Å². The Morgan fingerprint density at radius 1 is 1.50 bits per heavy atom. The molecule has 0 bridgehead atoms. The second-order valence-electron chi connectivity index (χ2n) is 0.415. The molecule has 0 atom stereocenters. The largest absolute Gasteiger partial charge is 0.667 e. The molecular formula is H2BFO3Zn. The number of halogens is 1. The number of rotatable bonds is 1. The van der Waals surface area contributed by atoms with E-state index in [1.807, 2.05) is 0 Å². The van der Waals surface area contributed by atoms with Gasteiger partial charge in [-0.1, -0.05) is 4.53 Å². The molecule has 0 aliphatic carbocycles. The molecule has 0 aromatic rings. The first-order chi connectivity index (χ1) is 2.27. The second-order valence-corrected chi connectivity index (χ2v) is 0.415. The first kappa shape index (κ1) is 9.71. The maximum absolute atomic E-state index is 10.1. The van der Waals surface area contributed by atoms with Crippen LogP contribution in [0, 0.1) is 0 Å². The van der Waals surface area contributed by atoms with Gasteiger partial charge in [-0.3, -0.25) is 0 Å². The van der Waals surface area contributed by atoms with Crippen molar-refractivity contribution in [2.75, 3.05) is 0 Å². The fourth-order valence-corrected chi connectivity index (χ4v) is 0. The van der Waals surface area contributed by atoms with Crippen LogP contribution in [-0.2, 0) is 24.3 Å². The van der Waals surface area contributed by atoms with Crippen molar-refractivity contribution >= 4 is 7.32 Å². The van der Waals surface area contributed by atoms with Crippen molar-refractivity contribution in [3.8, 4) is 0 Å². The summed E-state index contributed by atoms with van der Waals surface area (Å²) in [5, 5.41) is 14.6. The molecule has 0 unspecified atom stereocenters. The summed E-state index contributed by atoms with van der Waals surface area (Å²) >= 11 is 0. The third-order valence-corrected chi connectivity index (χ3v) is 0.0797. The van der Waals surface area contributed by atoms with Gasteiger partial charge in [0, 0.05) is 19.5 Å². The molecule has 0 spiro atoms. The van der Waals surface area contributed by atoms with Crippen LogP contribution in [0.2, 0.25) is 0 Å². The van der Waals surface area contributed by atoms with Crippen molar-refractivity contribution < 1.29 is 38.9 Å². The third kappa shape index (κ3) is 8.82. The van der Waals surface area contributed by atoms with E-state index in [4.69, 9.17) is 10.0 Å². The van der Waals surface area contributed by atoms with Crippen LogP contribution in [0.25, 0.3) is 0 Å². The van der Waals surface area contributed by atoms with Crippen LogP contribution >= 0.6 is 0 Å². The first-order valence-corrected chi connectivity index (χ1v) is 0.906. The van der Waals surface area contributed by atoms with Gasteiger partial charge in [0.05, 0.1) is 0 Å². The quantitative estimate of drug-likeness (QED) is 0.458. The summed E-state index contributed by atoms with van der Waals surface area (Å²) < 4.78 is 10.1. The minimum Gasteiger partial charge on any atom is -0.400 e. The minimum atomic E-state index is -2.28. The summed E-state index contributed by atoms with van der Waals surface area (Å²) in [6.07, 6.45) is 0. The van der Waals surface area contributed by atoms with E-state index in [1.165, 1.54) is 0 Å². The van der Waals surface area contributed by atoms with Crippen molar-refractivity contribution in [1.29, 1.82) is 0 Å². The average molecular weight is 145 g/mol. The summed E-state index contributed by atoms with van der Waals surface area (Å²) in [7, 11) is -2.28. The molecule has 32 valence electrons. The van der Waals surface area contributed by atoms with Crippen molar-refractivity contribution in [1.82, 2.24) is 0 Å². The molecule has 0 amide bonds. The van der Waals surface area contributed by atoms with Gasteiger partial charge in [0.1, 0.15) is 0 Å². The molecular weight excluding hydrogens is 143 g/mol. The Morgan fingerprint density at radius 2 is 1.67 bits per heavy atom. The Bertz CT molecular complexity index is 24.8. The smallest absolute Gasteiger partial charge is 0.400 e. The van der Waals surface area contributed by atoms with Gasteiger partial charge in [-0.2, -0.15) is 4.86 Å². The number of hydrogen-bond donors (Lipinski definition) is 2. The van der Waals surface area contributed by atoms with E-state index in [1.54, 1.807) is 0 Å². The van der Waals surface area contributed by atoms with Gasteiger partial charge < -0.3 is 10.0 Å². The molecule has 6 heteroatoms. The Labute approximate surface area is 47.0 Å². The molecule has 0 aliphatic heterocycles. The zero-order valence-electron chi connectivity index (χ0n) is 2.97. The molecule has 0 aromatic carbocycles. The van der Waals surface area contributed by atoms with Crippen LogP contribution in [0.1, 0.15) is 0 Å². The summed E-state index contributed by atoms with van der Waals surface area (Å²) in [6.45, 7) is 0. The summed E-state index contributed by atoms with van der Waals surface area (Å²) in [4.78, 5) is 2.36. The summed E-state index contributed by atoms with van der Waals surface area (Å²) in [5.74, 6) is 0. The fourth-order valence-electron chi connectivity index (χ4n) is 0.